The molecule has 0 saturated carbocycles. The maximum Gasteiger partial charge on any atom is 0.410 e. The van der Waals surface area contributed by atoms with Gasteiger partial charge < -0.3 is 50.4 Å². The van der Waals surface area contributed by atoms with Crippen LogP contribution in [0.4, 0.5) is 10.5 Å². The summed E-state index contributed by atoms with van der Waals surface area (Å²) in [5, 5.41) is 22.1. The van der Waals surface area contributed by atoms with Crippen molar-refractivity contribution in [3.05, 3.63) is 65.7 Å². The molecule has 1 unspecified atom stereocenters. The van der Waals surface area contributed by atoms with Crippen LogP contribution in [-0.4, -0.2) is 145 Å². The van der Waals surface area contributed by atoms with Gasteiger partial charge in [-0.3, -0.25) is 33.7 Å². The van der Waals surface area contributed by atoms with Gasteiger partial charge in [-0.05, 0) is 74.6 Å². The number of carbonyl (C=O) groups is 7. The van der Waals surface area contributed by atoms with E-state index in [0.717, 1.165) is 0 Å². The Hall–Kier alpha value is -5.59. The highest BCUT2D eigenvalue weighted by atomic mass is 16.6. The van der Waals surface area contributed by atoms with E-state index >= 15 is 0 Å². The van der Waals surface area contributed by atoms with E-state index in [4.69, 9.17) is 14.2 Å². The largest absolute Gasteiger partial charge is 0.445 e. The zero-order valence-electron chi connectivity index (χ0n) is 44.5. The molecule has 2 aromatic rings. The lowest BCUT2D eigenvalue weighted by Gasteiger charge is -2.40. The van der Waals surface area contributed by atoms with Gasteiger partial charge in [-0.15, -0.1) is 0 Å². The summed E-state index contributed by atoms with van der Waals surface area (Å²) < 4.78 is 17.5. The third-order valence-corrected chi connectivity index (χ3v) is 13.5. The van der Waals surface area contributed by atoms with Gasteiger partial charge in [0.15, 0.2) is 0 Å². The summed E-state index contributed by atoms with van der Waals surface area (Å²) in [5.41, 5.74) is 1.80. The number of aliphatic hydroxyl groups is 1. The summed E-state index contributed by atoms with van der Waals surface area (Å²) in [6.07, 6.45) is -0.795. The van der Waals surface area contributed by atoms with Crippen molar-refractivity contribution in [1.29, 1.82) is 0 Å². The normalized spacial score (nSPS) is 17.9. The van der Waals surface area contributed by atoms with Crippen LogP contribution in [0.25, 0.3) is 0 Å². The number of anilines is 1. The molecule has 7 amide bonds. The predicted octanol–water partition coefficient (Wildman–Crippen LogP) is 5.43. The van der Waals surface area contributed by atoms with E-state index in [-0.39, 0.29) is 54.4 Å². The molecule has 1 aliphatic rings. The van der Waals surface area contributed by atoms with E-state index < -0.39 is 78.4 Å². The van der Waals surface area contributed by atoms with Crippen LogP contribution in [-0.2, 0) is 49.6 Å². The molecule has 0 radical (unpaired) electrons. The Bertz CT molecular complexity index is 2050. The molecule has 0 aromatic heterocycles. The number of nitrogens with one attached hydrogen (secondary N) is 4. The van der Waals surface area contributed by atoms with Gasteiger partial charge in [0.25, 0.3) is 0 Å². The molecule has 18 nitrogen and oxygen atoms in total. The predicted molar refractivity (Wildman–Crippen MR) is 271 cm³/mol. The van der Waals surface area contributed by atoms with E-state index in [2.05, 4.69) is 21.3 Å². The number of hydrogen-bond acceptors (Lipinski definition) is 11. The zero-order valence-corrected chi connectivity index (χ0v) is 44.5. The van der Waals surface area contributed by atoms with Crippen LogP contribution < -0.4 is 21.3 Å². The van der Waals surface area contributed by atoms with Gasteiger partial charge in [0.2, 0.25) is 35.4 Å². The van der Waals surface area contributed by atoms with Crippen LogP contribution in [0, 0.1) is 23.7 Å². The molecule has 1 heterocycles. The van der Waals surface area contributed by atoms with Gasteiger partial charge in [0.05, 0.1) is 48.8 Å². The van der Waals surface area contributed by atoms with Crippen LogP contribution in [0.3, 0.4) is 0 Å². The fourth-order valence-corrected chi connectivity index (χ4v) is 9.30. The third-order valence-electron chi connectivity index (χ3n) is 13.5. The summed E-state index contributed by atoms with van der Waals surface area (Å²) in [7, 11) is 6.12. The molecule has 3 rings (SSSR count). The van der Waals surface area contributed by atoms with Crippen LogP contribution in [0.2, 0.25) is 0 Å². The number of ether oxygens (including phenoxy) is 3. The van der Waals surface area contributed by atoms with Crippen molar-refractivity contribution >= 4 is 47.2 Å². The van der Waals surface area contributed by atoms with Crippen molar-refractivity contribution in [3.8, 4) is 0 Å². The minimum Gasteiger partial charge on any atom is -0.445 e. The lowest BCUT2D eigenvalue weighted by atomic mass is 9.90. The monoisotopic (exact) mass is 994 g/mol. The lowest BCUT2D eigenvalue weighted by molar-refractivity contribution is -0.147. The van der Waals surface area contributed by atoms with Gasteiger partial charge in [-0.25, -0.2) is 4.79 Å². The second kappa shape index (κ2) is 28.4. The Labute approximate surface area is 421 Å². The first-order valence-electron chi connectivity index (χ1n) is 25.0. The van der Waals surface area contributed by atoms with E-state index in [1.807, 2.05) is 45.9 Å². The molecule has 0 bridgehead atoms. The molecule has 18 heteroatoms. The molecule has 5 N–H and O–H groups in total. The first-order chi connectivity index (χ1) is 33.5. The number of rotatable bonds is 26. The number of carbonyl (C=O) groups excluding carboxylic acids is 7. The fourth-order valence-electron chi connectivity index (χ4n) is 9.30. The van der Waals surface area contributed by atoms with Gasteiger partial charge in [0, 0.05) is 47.0 Å². The lowest BCUT2D eigenvalue weighted by Crippen LogP contribution is -2.58. The molecule has 396 valence electrons. The highest BCUT2D eigenvalue weighted by Gasteiger charge is 2.43. The fraction of sp³-hybridized carbons (Fsp3) is 0.642. The summed E-state index contributed by atoms with van der Waals surface area (Å²) in [6, 6.07) is 11.5. The van der Waals surface area contributed by atoms with Crippen molar-refractivity contribution in [1.82, 2.24) is 30.7 Å². The van der Waals surface area contributed by atoms with E-state index in [9.17, 15) is 38.7 Å². The average molecular weight is 994 g/mol. The molecular formula is C53H83N7O11. The molecule has 2 aromatic carbocycles. The number of methoxy groups -OCH3 is 2. The molecule has 1 aliphatic heterocycles. The number of aliphatic hydroxyl groups excluding tert-OH is 1. The standard InChI is InChI=1S/C53H83N7O11/c1-15-33(6)46(42(69-13)29-44(62)60-27-19-22-41(60)48(70-14)34(7)49(64)55-35(8)47(63)39-20-17-16-18-21-39)58(11)52(67)37(10)56-51(66)45(32(4)5)59(12)53(68)71-30-38-23-25-40(26-24-38)57-50(65)36(9)54-43(61)28-31(2)3/h16-18,20-21,23-26,31-37,41-42,45-48,63H,15,19,22,27-30H2,1-14H3,(H,54,61)(H,55,64)(H,56,66)(H,57,65)/t33-,34+,35+,36-,37-,41-,42+,45?,46-,47+,48+/m0/s1. The molecule has 1 fully saturated rings. The van der Waals surface area contributed by atoms with E-state index in [1.165, 1.54) is 31.1 Å². The highest BCUT2D eigenvalue weighted by molar-refractivity contribution is 5.97. The quantitative estimate of drug-likeness (QED) is 0.0799. The molecule has 1 saturated heterocycles. The van der Waals surface area contributed by atoms with Crippen LogP contribution in [0.5, 0.6) is 0 Å². The third kappa shape index (κ3) is 17.0. The Morgan fingerprint density at radius 2 is 1.39 bits per heavy atom. The second-order valence-corrected chi connectivity index (χ2v) is 19.9. The molecular weight excluding hydrogens is 911 g/mol. The van der Waals surface area contributed by atoms with Crippen LogP contribution in [0.1, 0.15) is 119 Å². The SMILES string of the molecule is CC[C@H](C)[C@@H]([C@@H](CC(=O)N1CCC[C@H]1[C@H](OC)[C@@H](C)C(=O)N[C@H](C)[C@@H](O)c1ccccc1)OC)N(C)C(=O)[C@H](C)NC(=O)C(C(C)C)N(C)C(=O)OCc1ccc(NC(=O)[C@H](C)NC(=O)CC(C)C)cc1. The number of nitrogens with zero attached hydrogens (tertiary/aromatic N) is 3. The number of benzene rings is 2. The first kappa shape index (κ1) is 59.7. The van der Waals surface area contributed by atoms with Gasteiger partial charge >= 0.3 is 6.09 Å². The topological polar surface area (TPSA) is 225 Å². The highest BCUT2D eigenvalue weighted by Crippen LogP contribution is 2.30. The minimum atomic E-state index is -1.02. The van der Waals surface area contributed by atoms with Gasteiger partial charge in [0.1, 0.15) is 24.7 Å². The number of hydrogen-bond donors (Lipinski definition) is 5. The first-order valence-corrected chi connectivity index (χ1v) is 25.0. The molecule has 11 atom stereocenters. The summed E-state index contributed by atoms with van der Waals surface area (Å²) in [4.78, 5) is 98.5. The average Bonchev–Trinajstić information content (AvgIpc) is 3.82. The summed E-state index contributed by atoms with van der Waals surface area (Å²) in [6.45, 7) is 18.4. The number of likely N-dealkylation sites (tertiary alicyclic amines) is 1. The zero-order chi connectivity index (χ0) is 53.3. The maximum atomic E-state index is 14.3. The maximum absolute atomic E-state index is 14.3. The summed E-state index contributed by atoms with van der Waals surface area (Å²) >= 11 is 0. The molecule has 71 heavy (non-hydrogen) atoms. The Morgan fingerprint density at radius 1 is 0.761 bits per heavy atom. The molecule has 0 spiro atoms. The number of amides is 7. The van der Waals surface area contributed by atoms with Crippen molar-refractivity contribution < 1.29 is 52.9 Å². The van der Waals surface area contributed by atoms with Crippen molar-refractivity contribution in [2.45, 2.75) is 163 Å². The van der Waals surface area contributed by atoms with Crippen molar-refractivity contribution in [2.24, 2.45) is 23.7 Å². The Kier molecular flexibility index (Phi) is 23.9. The van der Waals surface area contributed by atoms with Crippen molar-refractivity contribution in [3.63, 3.8) is 0 Å². The Morgan fingerprint density at radius 3 is 1.96 bits per heavy atom. The van der Waals surface area contributed by atoms with Crippen LogP contribution in [0.15, 0.2) is 54.6 Å². The second-order valence-electron chi connectivity index (χ2n) is 19.9. The minimum absolute atomic E-state index is 0.0560. The van der Waals surface area contributed by atoms with Gasteiger partial charge in [-0.1, -0.05) is 97.4 Å². The van der Waals surface area contributed by atoms with E-state index in [1.54, 1.807) is 89.9 Å². The Balaban J connectivity index is 1.64. The van der Waals surface area contributed by atoms with Gasteiger partial charge in [-0.2, -0.15) is 0 Å². The summed E-state index contributed by atoms with van der Waals surface area (Å²) in [5.74, 6) is -3.06. The number of likely N-dealkylation sites (N-methyl/N-ethyl adjacent to an activating group) is 2. The van der Waals surface area contributed by atoms with E-state index in [0.29, 0.717) is 49.0 Å². The van der Waals surface area contributed by atoms with Crippen molar-refractivity contribution in [2.75, 3.05) is 40.2 Å². The smallest absolute Gasteiger partial charge is 0.410 e. The molecule has 0 aliphatic carbocycles. The van der Waals surface area contributed by atoms with Crippen LogP contribution >= 0.6 is 0 Å².